The largest absolute Gasteiger partial charge is 0.334 e. The molecule has 0 saturated heterocycles. The molecule has 0 radical (unpaired) electrons. The summed E-state index contributed by atoms with van der Waals surface area (Å²) in [4.78, 5) is 4.18. The van der Waals surface area contributed by atoms with Gasteiger partial charge < -0.3 is 10.3 Å². The second kappa shape index (κ2) is 4.05. The van der Waals surface area contributed by atoms with Gasteiger partial charge in [-0.15, -0.1) is 0 Å². The number of hydrogen-bond donors (Lipinski definition) is 1. The van der Waals surface area contributed by atoms with E-state index in [9.17, 15) is 0 Å². The van der Waals surface area contributed by atoms with Crippen LogP contribution in [0, 0.1) is 0 Å². The van der Waals surface area contributed by atoms with Crippen LogP contribution in [0.3, 0.4) is 0 Å². The molecule has 0 aromatic carbocycles. The molecule has 1 aromatic rings. The van der Waals surface area contributed by atoms with Crippen molar-refractivity contribution in [3.05, 3.63) is 35.9 Å². The van der Waals surface area contributed by atoms with Crippen LogP contribution in [0.4, 0.5) is 0 Å². The summed E-state index contributed by atoms with van der Waals surface area (Å²) in [6.45, 7) is 6.17. The minimum Gasteiger partial charge on any atom is -0.334 e. The molecule has 0 saturated carbocycles. The molecule has 70 valence electrons. The Morgan fingerprint density at radius 3 is 3.00 bits per heavy atom. The summed E-state index contributed by atoms with van der Waals surface area (Å²) >= 11 is 0. The maximum Gasteiger partial charge on any atom is 0.0952 e. The fourth-order valence-electron chi connectivity index (χ4n) is 1.11. The SMILES string of the molecule is C=C/C(C)=C\c1c(CN)ncn1C. The second-order valence-electron chi connectivity index (χ2n) is 2.98. The van der Waals surface area contributed by atoms with Crippen molar-refractivity contribution in [3.63, 3.8) is 0 Å². The molecule has 2 N–H and O–H groups in total. The number of allylic oxidation sites excluding steroid dienone is 2. The molecule has 0 fully saturated rings. The average molecular weight is 177 g/mol. The standard InChI is InChI=1S/C10H15N3/c1-4-8(2)5-10-9(6-11)12-7-13(10)3/h4-5,7H,1,6,11H2,2-3H3/b8-5-. The third-order valence-electron chi connectivity index (χ3n) is 1.94. The molecule has 1 heterocycles. The molecule has 0 aliphatic heterocycles. The zero-order valence-corrected chi connectivity index (χ0v) is 8.12. The fourth-order valence-corrected chi connectivity index (χ4v) is 1.11. The van der Waals surface area contributed by atoms with E-state index in [1.165, 1.54) is 0 Å². The molecule has 0 unspecified atom stereocenters. The van der Waals surface area contributed by atoms with Gasteiger partial charge in [-0.05, 0) is 18.6 Å². The van der Waals surface area contributed by atoms with Gasteiger partial charge in [0.25, 0.3) is 0 Å². The molecule has 0 bridgehead atoms. The number of rotatable bonds is 3. The Hall–Kier alpha value is -1.35. The summed E-state index contributed by atoms with van der Waals surface area (Å²) in [5.74, 6) is 0. The van der Waals surface area contributed by atoms with Crippen LogP contribution in [-0.4, -0.2) is 9.55 Å². The average Bonchev–Trinajstić information content (AvgIpc) is 2.48. The van der Waals surface area contributed by atoms with Gasteiger partial charge in [0.2, 0.25) is 0 Å². The van der Waals surface area contributed by atoms with Crippen LogP contribution in [0.2, 0.25) is 0 Å². The number of aromatic nitrogens is 2. The molecule has 0 atom stereocenters. The van der Waals surface area contributed by atoms with Gasteiger partial charge in [0.1, 0.15) is 0 Å². The minimum absolute atomic E-state index is 0.469. The maximum absolute atomic E-state index is 5.55. The summed E-state index contributed by atoms with van der Waals surface area (Å²) in [5.41, 5.74) is 8.64. The lowest BCUT2D eigenvalue weighted by Crippen LogP contribution is -2.00. The third-order valence-corrected chi connectivity index (χ3v) is 1.94. The highest BCUT2D eigenvalue weighted by Crippen LogP contribution is 2.10. The van der Waals surface area contributed by atoms with Crippen molar-refractivity contribution in [1.82, 2.24) is 9.55 Å². The Balaban J connectivity index is 3.11. The first kappa shape index (κ1) is 9.74. The lowest BCUT2D eigenvalue weighted by atomic mass is 10.2. The van der Waals surface area contributed by atoms with Crippen LogP contribution in [-0.2, 0) is 13.6 Å². The van der Waals surface area contributed by atoms with Crippen LogP contribution < -0.4 is 5.73 Å². The van der Waals surface area contributed by atoms with E-state index in [1.54, 1.807) is 6.33 Å². The molecular weight excluding hydrogens is 162 g/mol. The van der Waals surface area contributed by atoms with Gasteiger partial charge in [-0.1, -0.05) is 12.7 Å². The predicted octanol–water partition coefficient (Wildman–Crippen LogP) is 1.47. The first-order valence-electron chi connectivity index (χ1n) is 4.20. The van der Waals surface area contributed by atoms with Gasteiger partial charge in [0, 0.05) is 13.6 Å². The van der Waals surface area contributed by atoms with Crippen molar-refractivity contribution in [3.8, 4) is 0 Å². The van der Waals surface area contributed by atoms with Gasteiger partial charge in [-0.3, -0.25) is 0 Å². The first-order chi connectivity index (χ1) is 6.19. The fraction of sp³-hybridized carbons (Fsp3) is 0.300. The molecule has 0 amide bonds. The molecule has 1 rings (SSSR count). The summed E-state index contributed by atoms with van der Waals surface area (Å²) in [6, 6.07) is 0. The number of nitrogens with two attached hydrogens (primary N) is 1. The van der Waals surface area contributed by atoms with E-state index in [0.29, 0.717) is 6.54 Å². The van der Waals surface area contributed by atoms with Crippen molar-refractivity contribution < 1.29 is 0 Å². The van der Waals surface area contributed by atoms with E-state index in [0.717, 1.165) is 17.0 Å². The van der Waals surface area contributed by atoms with E-state index in [2.05, 4.69) is 11.6 Å². The van der Waals surface area contributed by atoms with Crippen molar-refractivity contribution in [2.45, 2.75) is 13.5 Å². The van der Waals surface area contributed by atoms with Crippen LogP contribution in [0.5, 0.6) is 0 Å². The van der Waals surface area contributed by atoms with E-state index >= 15 is 0 Å². The van der Waals surface area contributed by atoms with E-state index in [4.69, 9.17) is 5.73 Å². The summed E-state index contributed by atoms with van der Waals surface area (Å²) < 4.78 is 1.95. The Labute approximate surface area is 78.6 Å². The van der Waals surface area contributed by atoms with Crippen molar-refractivity contribution in [2.24, 2.45) is 12.8 Å². The summed E-state index contributed by atoms with van der Waals surface area (Å²) in [5, 5.41) is 0. The van der Waals surface area contributed by atoms with Gasteiger partial charge in [0.05, 0.1) is 17.7 Å². The monoisotopic (exact) mass is 177 g/mol. The molecule has 13 heavy (non-hydrogen) atoms. The van der Waals surface area contributed by atoms with Crippen LogP contribution in [0.15, 0.2) is 24.6 Å². The number of imidazole rings is 1. The lowest BCUT2D eigenvalue weighted by molar-refractivity contribution is 0.897. The zero-order chi connectivity index (χ0) is 9.84. The Morgan fingerprint density at radius 2 is 2.46 bits per heavy atom. The zero-order valence-electron chi connectivity index (χ0n) is 8.12. The minimum atomic E-state index is 0.469. The van der Waals surface area contributed by atoms with Crippen LogP contribution in [0.25, 0.3) is 6.08 Å². The van der Waals surface area contributed by atoms with Crippen LogP contribution >= 0.6 is 0 Å². The van der Waals surface area contributed by atoms with Gasteiger partial charge >= 0.3 is 0 Å². The van der Waals surface area contributed by atoms with Crippen molar-refractivity contribution >= 4 is 6.08 Å². The maximum atomic E-state index is 5.55. The van der Waals surface area contributed by atoms with E-state index < -0.39 is 0 Å². The third kappa shape index (κ3) is 2.06. The van der Waals surface area contributed by atoms with Crippen molar-refractivity contribution in [2.75, 3.05) is 0 Å². The smallest absolute Gasteiger partial charge is 0.0952 e. The number of aryl methyl sites for hydroxylation is 1. The number of nitrogens with zero attached hydrogens (tertiary/aromatic N) is 2. The topological polar surface area (TPSA) is 43.8 Å². The molecule has 0 aliphatic rings. The number of hydrogen-bond acceptors (Lipinski definition) is 2. The van der Waals surface area contributed by atoms with E-state index in [1.807, 2.05) is 30.7 Å². The molecule has 0 aliphatic carbocycles. The molecule has 3 heteroatoms. The quantitative estimate of drug-likeness (QED) is 0.710. The summed E-state index contributed by atoms with van der Waals surface area (Å²) in [7, 11) is 1.95. The van der Waals surface area contributed by atoms with Gasteiger partial charge in [0.15, 0.2) is 0 Å². The highest BCUT2D eigenvalue weighted by molar-refractivity contribution is 5.54. The lowest BCUT2D eigenvalue weighted by Gasteiger charge is -1.99. The Bertz CT molecular complexity index is 334. The second-order valence-corrected chi connectivity index (χ2v) is 2.98. The molecule has 0 spiro atoms. The highest BCUT2D eigenvalue weighted by atomic mass is 15.0. The van der Waals surface area contributed by atoms with E-state index in [-0.39, 0.29) is 0 Å². The van der Waals surface area contributed by atoms with Gasteiger partial charge in [-0.2, -0.15) is 0 Å². The Morgan fingerprint density at radius 1 is 1.77 bits per heavy atom. The van der Waals surface area contributed by atoms with Crippen LogP contribution in [0.1, 0.15) is 18.3 Å². The predicted molar refractivity (Wildman–Crippen MR) is 54.9 cm³/mol. The Kier molecular flexibility index (Phi) is 3.03. The summed E-state index contributed by atoms with van der Waals surface area (Å²) in [6.07, 6.45) is 5.61. The molecular formula is C10H15N3. The highest BCUT2D eigenvalue weighted by Gasteiger charge is 2.03. The molecule has 1 aromatic heterocycles. The van der Waals surface area contributed by atoms with Crippen molar-refractivity contribution in [1.29, 1.82) is 0 Å². The molecule has 3 nitrogen and oxygen atoms in total. The first-order valence-corrected chi connectivity index (χ1v) is 4.20. The van der Waals surface area contributed by atoms with Gasteiger partial charge in [-0.25, -0.2) is 4.98 Å². The normalized spacial score (nSPS) is 11.8.